The topological polar surface area (TPSA) is 106 Å². The van der Waals surface area contributed by atoms with E-state index in [-0.39, 0.29) is 23.7 Å². The van der Waals surface area contributed by atoms with Crippen molar-refractivity contribution in [3.05, 3.63) is 47.6 Å². The molecule has 0 radical (unpaired) electrons. The highest BCUT2D eigenvalue weighted by Crippen LogP contribution is 2.35. The molecule has 2 N–H and O–H groups in total. The van der Waals surface area contributed by atoms with Crippen molar-refractivity contribution in [3.63, 3.8) is 0 Å². The molecule has 2 amide bonds. The number of aryl methyl sites for hydroxylation is 1. The largest absolute Gasteiger partial charge is 0.381 e. The summed E-state index contributed by atoms with van der Waals surface area (Å²) in [4.78, 5) is 29.2. The van der Waals surface area contributed by atoms with E-state index in [2.05, 4.69) is 32.9 Å². The van der Waals surface area contributed by atoms with Crippen LogP contribution in [0.15, 0.2) is 34.9 Å². The lowest BCUT2D eigenvalue weighted by Crippen LogP contribution is -2.45. The van der Waals surface area contributed by atoms with Crippen LogP contribution in [0, 0.1) is 0 Å². The van der Waals surface area contributed by atoms with E-state index in [1.165, 1.54) is 12.5 Å². The predicted molar refractivity (Wildman–Crippen MR) is 127 cm³/mol. The second kappa shape index (κ2) is 11.1. The van der Waals surface area contributed by atoms with Crippen molar-refractivity contribution < 1.29 is 18.8 Å². The molecule has 1 saturated carbocycles. The van der Waals surface area contributed by atoms with Gasteiger partial charge in [-0.05, 0) is 31.2 Å². The number of hydrogen-bond donors (Lipinski definition) is 2. The molecule has 8 nitrogen and oxygen atoms in total. The van der Waals surface area contributed by atoms with Crippen LogP contribution in [0.1, 0.15) is 82.0 Å². The number of amides is 2. The highest BCUT2D eigenvalue weighted by atomic mass is 16.5. The Balaban J connectivity index is 1.35. The van der Waals surface area contributed by atoms with Crippen molar-refractivity contribution in [2.45, 2.75) is 82.1 Å². The van der Waals surface area contributed by atoms with Crippen LogP contribution >= 0.6 is 0 Å². The van der Waals surface area contributed by atoms with Gasteiger partial charge in [0.2, 0.25) is 17.7 Å². The summed E-state index contributed by atoms with van der Waals surface area (Å²) in [6, 6.07) is 10.4. The standard InChI is InChI=1S/C26H36N4O4/c1-20(31)29-26(13-7-2-3-8-14-26)24-28-23(34-30-24)12-11-22(32)27-19-25(15-17-33-18-16-25)21-9-5-4-6-10-21/h4-6,9-10H,2-3,7-8,11-19H2,1H3,(H,27,32)(H,29,31). The molecule has 4 rings (SSSR count). The van der Waals surface area contributed by atoms with E-state index in [1.54, 1.807) is 0 Å². The van der Waals surface area contributed by atoms with Crippen molar-refractivity contribution in [2.24, 2.45) is 0 Å². The molecule has 0 atom stereocenters. The first-order valence-corrected chi connectivity index (χ1v) is 12.5. The summed E-state index contributed by atoms with van der Waals surface area (Å²) in [7, 11) is 0. The predicted octanol–water partition coefficient (Wildman–Crippen LogP) is 3.55. The maximum absolute atomic E-state index is 12.7. The van der Waals surface area contributed by atoms with Crippen molar-refractivity contribution in [3.8, 4) is 0 Å². The lowest BCUT2D eigenvalue weighted by molar-refractivity contribution is -0.122. The molecular weight excluding hydrogens is 432 g/mol. The van der Waals surface area contributed by atoms with Crippen LogP contribution in [0.5, 0.6) is 0 Å². The van der Waals surface area contributed by atoms with Crippen molar-refractivity contribution >= 4 is 11.8 Å². The zero-order valence-corrected chi connectivity index (χ0v) is 20.1. The van der Waals surface area contributed by atoms with Gasteiger partial charge in [0.05, 0.1) is 0 Å². The molecule has 0 unspecified atom stereocenters. The molecule has 2 heterocycles. The second-order valence-electron chi connectivity index (χ2n) is 9.72. The number of benzene rings is 1. The number of rotatable bonds is 8. The van der Waals surface area contributed by atoms with E-state index in [1.807, 2.05) is 18.2 Å². The highest BCUT2D eigenvalue weighted by Gasteiger charge is 2.38. The van der Waals surface area contributed by atoms with Crippen LogP contribution in [0.2, 0.25) is 0 Å². The molecule has 1 aromatic carbocycles. The van der Waals surface area contributed by atoms with E-state index in [4.69, 9.17) is 9.26 Å². The summed E-state index contributed by atoms with van der Waals surface area (Å²) < 4.78 is 11.1. The second-order valence-corrected chi connectivity index (χ2v) is 9.72. The quantitative estimate of drug-likeness (QED) is 0.574. The Kier molecular flexibility index (Phi) is 7.98. The van der Waals surface area contributed by atoms with E-state index in [0.29, 0.717) is 37.9 Å². The molecule has 1 saturated heterocycles. The molecule has 0 bridgehead atoms. The molecule has 184 valence electrons. The molecule has 2 aliphatic rings. The van der Waals surface area contributed by atoms with Crippen molar-refractivity contribution in [1.29, 1.82) is 0 Å². The Morgan fingerprint density at radius 2 is 1.71 bits per heavy atom. The van der Waals surface area contributed by atoms with E-state index < -0.39 is 5.54 Å². The van der Waals surface area contributed by atoms with Crippen LogP contribution < -0.4 is 10.6 Å². The normalized spacial score (nSPS) is 19.7. The molecule has 1 aromatic heterocycles. The summed E-state index contributed by atoms with van der Waals surface area (Å²) in [6.45, 7) is 3.51. The van der Waals surface area contributed by atoms with Gasteiger partial charge in [0, 0.05) is 44.9 Å². The number of carbonyl (C=O) groups excluding carboxylic acids is 2. The van der Waals surface area contributed by atoms with Gasteiger partial charge in [0.1, 0.15) is 5.54 Å². The van der Waals surface area contributed by atoms with Crippen LogP contribution in [0.25, 0.3) is 0 Å². The number of aromatic nitrogens is 2. The molecule has 1 aliphatic carbocycles. The summed E-state index contributed by atoms with van der Waals surface area (Å²) in [5, 5.41) is 10.4. The molecular formula is C26H36N4O4. The van der Waals surface area contributed by atoms with Gasteiger partial charge >= 0.3 is 0 Å². The SMILES string of the molecule is CC(=O)NC1(c2noc(CCC(=O)NCC3(c4ccccc4)CCOCC3)n2)CCCCCC1. The monoisotopic (exact) mass is 468 g/mol. The molecule has 1 aliphatic heterocycles. The van der Waals surface area contributed by atoms with Gasteiger partial charge in [-0.3, -0.25) is 9.59 Å². The number of nitrogens with one attached hydrogen (secondary N) is 2. The highest BCUT2D eigenvalue weighted by molar-refractivity contribution is 5.76. The number of ether oxygens (including phenoxy) is 1. The maximum atomic E-state index is 12.7. The minimum absolute atomic E-state index is 0.0346. The van der Waals surface area contributed by atoms with Gasteiger partial charge in [0.15, 0.2) is 5.82 Å². The third kappa shape index (κ3) is 5.84. The lowest BCUT2D eigenvalue weighted by Gasteiger charge is -2.38. The summed E-state index contributed by atoms with van der Waals surface area (Å²) in [6.07, 6.45) is 8.33. The van der Waals surface area contributed by atoms with Gasteiger partial charge < -0.3 is 19.9 Å². The van der Waals surface area contributed by atoms with Gasteiger partial charge in [-0.15, -0.1) is 0 Å². The first kappa shape index (κ1) is 24.4. The average molecular weight is 469 g/mol. The number of carbonyl (C=O) groups is 2. The maximum Gasteiger partial charge on any atom is 0.227 e. The Hall–Kier alpha value is -2.74. The molecule has 2 aromatic rings. The molecule has 0 spiro atoms. The summed E-state index contributed by atoms with van der Waals surface area (Å²) in [5.74, 6) is 0.842. The minimum atomic E-state index is -0.572. The minimum Gasteiger partial charge on any atom is -0.381 e. The number of hydrogen-bond acceptors (Lipinski definition) is 6. The van der Waals surface area contributed by atoms with Crippen molar-refractivity contribution in [1.82, 2.24) is 20.8 Å². The molecule has 34 heavy (non-hydrogen) atoms. The van der Waals surface area contributed by atoms with Crippen LogP contribution in [-0.2, 0) is 31.7 Å². The van der Waals surface area contributed by atoms with Gasteiger partial charge in [-0.1, -0.05) is 61.2 Å². The molecule has 8 heteroatoms. The summed E-state index contributed by atoms with van der Waals surface area (Å²) >= 11 is 0. The Bertz CT molecular complexity index is 945. The summed E-state index contributed by atoms with van der Waals surface area (Å²) in [5.41, 5.74) is 0.570. The third-order valence-electron chi connectivity index (χ3n) is 7.29. The Morgan fingerprint density at radius 3 is 2.38 bits per heavy atom. The van der Waals surface area contributed by atoms with Crippen LogP contribution in [0.4, 0.5) is 0 Å². The van der Waals surface area contributed by atoms with E-state index in [9.17, 15) is 9.59 Å². The number of nitrogens with zero attached hydrogens (tertiary/aromatic N) is 2. The lowest BCUT2D eigenvalue weighted by atomic mass is 9.74. The fourth-order valence-electron chi connectivity index (χ4n) is 5.32. The van der Waals surface area contributed by atoms with E-state index >= 15 is 0 Å². The Labute approximate surface area is 201 Å². The first-order valence-electron chi connectivity index (χ1n) is 12.5. The third-order valence-corrected chi connectivity index (χ3v) is 7.29. The smallest absolute Gasteiger partial charge is 0.227 e. The molecule has 2 fully saturated rings. The zero-order chi connectivity index (χ0) is 23.9. The van der Waals surface area contributed by atoms with Gasteiger partial charge in [0.25, 0.3) is 0 Å². The Morgan fingerprint density at radius 1 is 1.00 bits per heavy atom. The average Bonchev–Trinajstić information content (AvgIpc) is 3.22. The van der Waals surface area contributed by atoms with Gasteiger partial charge in [-0.2, -0.15) is 4.98 Å². The zero-order valence-electron chi connectivity index (χ0n) is 20.1. The fourth-order valence-corrected chi connectivity index (χ4v) is 5.32. The fraction of sp³-hybridized carbons (Fsp3) is 0.615. The van der Waals surface area contributed by atoms with E-state index in [0.717, 1.165) is 51.4 Å². The van der Waals surface area contributed by atoms with Crippen molar-refractivity contribution in [2.75, 3.05) is 19.8 Å². The van der Waals surface area contributed by atoms with Gasteiger partial charge in [-0.25, -0.2) is 0 Å². The van der Waals surface area contributed by atoms with Crippen LogP contribution in [-0.4, -0.2) is 41.7 Å². The first-order chi connectivity index (χ1) is 16.5. The van der Waals surface area contributed by atoms with Crippen LogP contribution in [0.3, 0.4) is 0 Å².